The first kappa shape index (κ1) is 16.3. The van der Waals surface area contributed by atoms with Crippen molar-refractivity contribution >= 4 is 15.9 Å². The Kier molecular flexibility index (Phi) is 6.06. The first-order chi connectivity index (χ1) is 10.1. The zero-order chi connectivity index (χ0) is 15.2. The summed E-state index contributed by atoms with van der Waals surface area (Å²) in [6.45, 7) is 7.50. The molecule has 21 heavy (non-hydrogen) atoms. The Hall–Kier alpha value is -1.07. The van der Waals surface area contributed by atoms with Crippen molar-refractivity contribution in [2.75, 3.05) is 6.54 Å². The van der Waals surface area contributed by atoms with E-state index in [1.807, 2.05) is 16.8 Å². The van der Waals surface area contributed by atoms with E-state index >= 15 is 0 Å². The number of aromatic nitrogens is 2. The fourth-order valence-corrected chi connectivity index (χ4v) is 2.55. The highest BCUT2D eigenvalue weighted by Crippen LogP contribution is 2.23. The quantitative estimate of drug-likeness (QED) is 0.759. The fourth-order valence-electron chi connectivity index (χ4n) is 2.24. The lowest BCUT2D eigenvalue weighted by Crippen LogP contribution is -2.24. The summed E-state index contributed by atoms with van der Waals surface area (Å²) in [5.41, 5.74) is 1.09. The van der Waals surface area contributed by atoms with Crippen LogP contribution in [0.15, 0.2) is 33.5 Å². The normalized spacial score (nSPS) is 14.3. The second-order valence-corrected chi connectivity index (χ2v) is 6.18. The van der Waals surface area contributed by atoms with Gasteiger partial charge in [-0.1, -0.05) is 13.8 Å². The minimum absolute atomic E-state index is 0.163. The SMILES string of the molecule is CCCNC(Cc1ccn(C(C)CC)n1)c1ccc(Br)o1. The molecule has 0 amide bonds. The highest BCUT2D eigenvalue weighted by atomic mass is 79.9. The summed E-state index contributed by atoms with van der Waals surface area (Å²) in [5, 5.41) is 8.22. The molecule has 0 saturated carbocycles. The fraction of sp³-hybridized carbons (Fsp3) is 0.562. The van der Waals surface area contributed by atoms with E-state index in [9.17, 15) is 0 Å². The van der Waals surface area contributed by atoms with E-state index in [-0.39, 0.29) is 6.04 Å². The van der Waals surface area contributed by atoms with Crippen molar-refractivity contribution < 1.29 is 4.42 Å². The molecular weight excluding hydrogens is 330 g/mol. The maximum absolute atomic E-state index is 5.71. The summed E-state index contributed by atoms with van der Waals surface area (Å²) >= 11 is 3.37. The van der Waals surface area contributed by atoms with Crippen LogP contribution in [0, 0.1) is 0 Å². The smallest absolute Gasteiger partial charge is 0.169 e. The summed E-state index contributed by atoms with van der Waals surface area (Å²) < 4.78 is 8.53. The van der Waals surface area contributed by atoms with E-state index in [0.29, 0.717) is 6.04 Å². The van der Waals surface area contributed by atoms with Gasteiger partial charge in [-0.15, -0.1) is 0 Å². The molecule has 0 saturated heterocycles. The third-order valence-electron chi connectivity index (χ3n) is 3.70. The lowest BCUT2D eigenvalue weighted by atomic mass is 10.1. The Bertz CT molecular complexity index is 549. The molecule has 0 aliphatic heterocycles. The predicted molar refractivity (Wildman–Crippen MR) is 88.4 cm³/mol. The Balaban J connectivity index is 2.09. The molecule has 2 aromatic rings. The van der Waals surface area contributed by atoms with Crippen LogP contribution in [0.1, 0.15) is 57.2 Å². The Morgan fingerprint density at radius 2 is 2.14 bits per heavy atom. The number of furan rings is 1. The van der Waals surface area contributed by atoms with Crippen LogP contribution in [0.25, 0.3) is 0 Å². The van der Waals surface area contributed by atoms with Gasteiger partial charge in [-0.05, 0) is 60.4 Å². The number of nitrogens with one attached hydrogen (secondary N) is 1. The molecule has 2 aromatic heterocycles. The van der Waals surface area contributed by atoms with Crippen molar-refractivity contribution in [1.82, 2.24) is 15.1 Å². The molecule has 0 fully saturated rings. The third kappa shape index (κ3) is 4.45. The number of rotatable bonds is 8. The Labute approximate surface area is 135 Å². The van der Waals surface area contributed by atoms with Gasteiger partial charge in [0, 0.05) is 18.7 Å². The molecule has 0 bridgehead atoms. The highest BCUT2D eigenvalue weighted by Gasteiger charge is 2.17. The summed E-state index contributed by atoms with van der Waals surface area (Å²) in [5.74, 6) is 0.952. The van der Waals surface area contributed by atoms with E-state index in [2.05, 4.69) is 59.4 Å². The van der Waals surface area contributed by atoms with Gasteiger partial charge in [-0.3, -0.25) is 4.68 Å². The molecule has 2 heterocycles. The molecule has 0 spiro atoms. The second kappa shape index (κ2) is 7.80. The van der Waals surface area contributed by atoms with Crippen LogP contribution in [0.4, 0.5) is 0 Å². The van der Waals surface area contributed by atoms with Gasteiger partial charge < -0.3 is 9.73 Å². The third-order valence-corrected chi connectivity index (χ3v) is 4.12. The van der Waals surface area contributed by atoms with Gasteiger partial charge in [0.1, 0.15) is 5.76 Å². The van der Waals surface area contributed by atoms with Crippen LogP contribution in [0.2, 0.25) is 0 Å². The van der Waals surface area contributed by atoms with Crippen LogP contribution in [-0.2, 0) is 6.42 Å². The van der Waals surface area contributed by atoms with Crippen molar-refractivity contribution in [2.45, 2.75) is 52.1 Å². The number of halogens is 1. The van der Waals surface area contributed by atoms with E-state index in [1.165, 1.54) is 0 Å². The van der Waals surface area contributed by atoms with Crippen molar-refractivity contribution in [1.29, 1.82) is 0 Å². The topological polar surface area (TPSA) is 43.0 Å². The predicted octanol–water partition coefficient (Wildman–Crippen LogP) is 4.49. The number of nitrogens with zero attached hydrogens (tertiary/aromatic N) is 2. The standard InChI is InChI=1S/C16H24BrN3O/c1-4-9-18-14(15-6-7-16(17)21-15)11-13-8-10-20(19-13)12(3)5-2/h6-8,10,12,14,18H,4-5,9,11H2,1-3H3. The van der Waals surface area contributed by atoms with Gasteiger partial charge in [0.15, 0.2) is 4.67 Å². The monoisotopic (exact) mass is 353 g/mol. The average molecular weight is 354 g/mol. The van der Waals surface area contributed by atoms with Crippen molar-refractivity contribution in [3.8, 4) is 0 Å². The van der Waals surface area contributed by atoms with Crippen molar-refractivity contribution in [2.24, 2.45) is 0 Å². The van der Waals surface area contributed by atoms with Gasteiger partial charge in [0.05, 0.1) is 11.7 Å². The minimum atomic E-state index is 0.163. The molecule has 2 rings (SSSR count). The van der Waals surface area contributed by atoms with Crippen LogP contribution in [0.3, 0.4) is 0 Å². The zero-order valence-electron chi connectivity index (χ0n) is 13.0. The van der Waals surface area contributed by atoms with E-state index < -0.39 is 0 Å². The maximum atomic E-state index is 5.71. The molecule has 2 unspecified atom stereocenters. The first-order valence-corrected chi connectivity index (χ1v) is 8.46. The molecule has 0 radical (unpaired) electrons. The summed E-state index contributed by atoms with van der Waals surface area (Å²) in [7, 11) is 0. The van der Waals surface area contributed by atoms with Crippen LogP contribution < -0.4 is 5.32 Å². The largest absolute Gasteiger partial charge is 0.453 e. The second-order valence-electron chi connectivity index (χ2n) is 5.40. The lowest BCUT2D eigenvalue weighted by Gasteiger charge is -2.15. The molecule has 1 N–H and O–H groups in total. The lowest BCUT2D eigenvalue weighted by molar-refractivity contribution is 0.395. The summed E-state index contributed by atoms with van der Waals surface area (Å²) in [4.78, 5) is 0. The van der Waals surface area contributed by atoms with Gasteiger partial charge in [-0.25, -0.2) is 0 Å². The molecule has 0 aliphatic rings. The van der Waals surface area contributed by atoms with E-state index in [1.54, 1.807) is 0 Å². The maximum Gasteiger partial charge on any atom is 0.169 e. The molecule has 116 valence electrons. The van der Waals surface area contributed by atoms with Gasteiger partial charge in [0.2, 0.25) is 0 Å². The molecule has 2 atom stereocenters. The zero-order valence-corrected chi connectivity index (χ0v) is 14.6. The summed E-state index contributed by atoms with van der Waals surface area (Å²) in [6.07, 6.45) is 5.09. The number of hydrogen-bond donors (Lipinski definition) is 1. The first-order valence-electron chi connectivity index (χ1n) is 7.66. The van der Waals surface area contributed by atoms with Crippen molar-refractivity contribution in [3.63, 3.8) is 0 Å². The molecular formula is C16H24BrN3O. The Morgan fingerprint density at radius 3 is 2.76 bits per heavy atom. The van der Waals surface area contributed by atoms with E-state index in [0.717, 1.165) is 41.9 Å². The van der Waals surface area contributed by atoms with Gasteiger partial charge >= 0.3 is 0 Å². The van der Waals surface area contributed by atoms with Crippen molar-refractivity contribution in [3.05, 3.63) is 40.5 Å². The van der Waals surface area contributed by atoms with Gasteiger partial charge in [0.25, 0.3) is 0 Å². The molecule has 0 aromatic carbocycles. The van der Waals surface area contributed by atoms with Crippen LogP contribution >= 0.6 is 15.9 Å². The molecule has 5 heteroatoms. The molecule has 0 aliphatic carbocycles. The number of hydrogen-bond acceptors (Lipinski definition) is 3. The van der Waals surface area contributed by atoms with E-state index in [4.69, 9.17) is 4.42 Å². The van der Waals surface area contributed by atoms with Crippen LogP contribution in [-0.4, -0.2) is 16.3 Å². The van der Waals surface area contributed by atoms with Gasteiger partial charge in [-0.2, -0.15) is 5.10 Å². The van der Waals surface area contributed by atoms with Crippen LogP contribution in [0.5, 0.6) is 0 Å². The average Bonchev–Trinajstić information content (AvgIpc) is 3.11. The molecule has 4 nitrogen and oxygen atoms in total. The minimum Gasteiger partial charge on any atom is -0.453 e. The summed E-state index contributed by atoms with van der Waals surface area (Å²) in [6, 6.07) is 6.66. The highest BCUT2D eigenvalue weighted by molar-refractivity contribution is 9.10. The Morgan fingerprint density at radius 1 is 1.33 bits per heavy atom.